The summed E-state index contributed by atoms with van der Waals surface area (Å²) in [6.45, 7) is 6.95. The van der Waals surface area contributed by atoms with Gasteiger partial charge in [0.05, 0.1) is 6.61 Å². The summed E-state index contributed by atoms with van der Waals surface area (Å²) in [5, 5.41) is 12.2. The summed E-state index contributed by atoms with van der Waals surface area (Å²) >= 11 is 1.36. The first kappa shape index (κ1) is 21.7. The lowest BCUT2D eigenvalue weighted by molar-refractivity contribution is -0.111. The van der Waals surface area contributed by atoms with Gasteiger partial charge in [-0.25, -0.2) is 0 Å². The molecule has 1 N–H and O–H groups in total. The number of carbonyl (C=O) groups is 1. The number of hydrogen-bond donors (Lipinski definition) is 1. The van der Waals surface area contributed by atoms with E-state index in [1.807, 2.05) is 24.3 Å². The van der Waals surface area contributed by atoms with Crippen molar-refractivity contribution in [3.8, 4) is 5.75 Å². The van der Waals surface area contributed by atoms with Gasteiger partial charge in [-0.1, -0.05) is 68.5 Å². The van der Waals surface area contributed by atoms with Crippen molar-refractivity contribution in [2.45, 2.75) is 39.5 Å². The fraction of sp³-hybridized carbons (Fsp3) is 0.292. The molecule has 0 saturated heterocycles. The van der Waals surface area contributed by atoms with Gasteiger partial charge in [0.15, 0.2) is 0 Å². The first-order chi connectivity index (χ1) is 14.5. The van der Waals surface area contributed by atoms with Crippen LogP contribution in [0.1, 0.15) is 48.4 Å². The highest BCUT2D eigenvalue weighted by atomic mass is 32.1. The van der Waals surface area contributed by atoms with Gasteiger partial charge in [0, 0.05) is 12.5 Å². The van der Waals surface area contributed by atoms with Gasteiger partial charge < -0.3 is 4.74 Å². The van der Waals surface area contributed by atoms with Crippen LogP contribution in [0.5, 0.6) is 5.75 Å². The van der Waals surface area contributed by atoms with Crippen LogP contribution in [0.3, 0.4) is 0 Å². The normalized spacial score (nSPS) is 11.2. The second-order valence-electron chi connectivity index (χ2n) is 7.24. The van der Waals surface area contributed by atoms with Gasteiger partial charge in [0.1, 0.15) is 10.8 Å². The zero-order valence-corrected chi connectivity index (χ0v) is 18.4. The molecule has 1 amide bonds. The number of nitrogens with zero attached hydrogens (tertiary/aromatic N) is 2. The number of nitrogens with one attached hydrogen (secondary N) is 1. The summed E-state index contributed by atoms with van der Waals surface area (Å²) < 4.78 is 5.75. The zero-order valence-electron chi connectivity index (χ0n) is 17.6. The van der Waals surface area contributed by atoms with Crippen molar-refractivity contribution >= 4 is 28.5 Å². The molecule has 2 aromatic carbocycles. The molecule has 0 saturated carbocycles. The molecule has 3 rings (SSSR count). The van der Waals surface area contributed by atoms with Gasteiger partial charge in [0.2, 0.25) is 11.0 Å². The predicted molar refractivity (Wildman–Crippen MR) is 123 cm³/mol. The maximum atomic E-state index is 12.1. The van der Waals surface area contributed by atoms with Crippen LogP contribution in [0.4, 0.5) is 5.13 Å². The first-order valence-electron chi connectivity index (χ1n) is 10.2. The second kappa shape index (κ2) is 10.7. The summed E-state index contributed by atoms with van der Waals surface area (Å²) in [6.07, 6.45) is 4.95. The monoisotopic (exact) mass is 421 g/mol. The second-order valence-corrected chi connectivity index (χ2v) is 8.30. The average molecular weight is 422 g/mol. The van der Waals surface area contributed by atoms with Crippen molar-refractivity contribution in [2.24, 2.45) is 0 Å². The number of amides is 1. The number of benzene rings is 2. The van der Waals surface area contributed by atoms with Crippen molar-refractivity contribution in [3.05, 3.63) is 76.3 Å². The Morgan fingerprint density at radius 3 is 2.50 bits per heavy atom. The quantitative estimate of drug-likeness (QED) is 0.464. The molecule has 5 nitrogen and oxygen atoms in total. The zero-order chi connectivity index (χ0) is 21.3. The number of carbonyl (C=O) groups excluding carboxylic acids is 1. The van der Waals surface area contributed by atoms with E-state index in [9.17, 15) is 4.79 Å². The van der Waals surface area contributed by atoms with Crippen LogP contribution in [0.2, 0.25) is 0 Å². The summed E-state index contributed by atoms with van der Waals surface area (Å²) in [6, 6.07) is 16.3. The molecule has 1 aromatic heterocycles. The molecular weight excluding hydrogens is 394 g/mol. The Morgan fingerprint density at radius 1 is 1.10 bits per heavy atom. The molecule has 3 aromatic rings. The molecule has 0 aliphatic rings. The van der Waals surface area contributed by atoms with E-state index in [1.54, 1.807) is 6.08 Å². The van der Waals surface area contributed by atoms with Gasteiger partial charge >= 0.3 is 0 Å². The summed E-state index contributed by atoms with van der Waals surface area (Å²) in [5.74, 6) is 1.11. The van der Waals surface area contributed by atoms with E-state index >= 15 is 0 Å². The number of aryl methyl sites for hydroxylation is 1. The third-order valence-electron chi connectivity index (χ3n) is 4.64. The van der Waals surface area contributed by atoms with Crippen LogP contribution in [0.25, 0.3) is 6.08 Å². The number of ether oxygens (including phenoxy) is 1. The molecule has 0 atom stereocenters. The van der Waals surface area contributed by atoms with Gasteiger partial charge in [-0.2, -0.15) is 0 Å². The highest BCUT2D eigenvalue weighted by Gasteiger charge is 2.07. The molecule has 0 radical (unpaired) electrons. The number of hydrogen-bond acceptors (Lipinski definition) is 5. The fourth-order valence-electron chi connectivity index (χ4n) is 2.79. The summed E-state index contributed by atoms with van der Waals surface area (Å²) in [7, 11) is 0. The minimum Gasteiger partial charge on any atom is -0.493 e. The van der Waals surface area contributed by atoms with E-state index in [0.717, 1.165) is 22.7 Å². The molecule has 0 fully saturated rings. The SMILES string of the molecule is CCc1ccc(OCCc2nnc(NC(=O)/C=C/c3ccc(C(C)C)cc3)s2)cc1. The molecular formula is C24H27N3O2S. The maximum absolute atomic E-state index is 12.1. The first-order valence-corrected chi connectivity index (χ1v) is 11.0. The topological polar surface area (TPSA) is 64.1 Å². The highest BCUT2D eigenvalue weighted by molar-refractivity contribution is 7.15. The highest BCUT2D eigenvalue weighted by Crippen LogP contribution is 2.18. The molecule has 0 bridgehead atoms. The van der Waals surface area contributed by atoms with E-state index in [4.69, 9.17) is 4.74 Å². The predicted octanol–water partition coefficient (Wildman–Crippen LogP) is 5.50. The third-order valence-corrected chi connectivity index (χ3v) is 5.54. The van der Waals surface area contributed by atoms with Gasteiger partial charge in [-0.05, 0) is 47.2 Å². The molecule has 156 valence electrons. The molecule has 0 spiro atoms. The van der Waals surface area contributed by atoms with Crippen molar-refractivity contribution in [2.75, 3.05) is 11.9 Å². The molecule has 0 unspecified atom stereocenters. The molecule has 1 heterocycles. The Labute approximate surface area is 181 Å². The van der Waals surface area contributed by atoms with Crippen molar-refractivity contribution < 1.29 is 9.53 Å². The van der Waals surface area contributed by atoms with Crippen LogP contribution < -0.4 is 10.1 Å². The Bertz CT molecular complexity index is 976. The largest absolute Gasteiger partial charge is 0.493 e. The number of aromatic nitrogens is 2. The standard InChI is InChI=1S/C24H27N3O2S/c1-4-18-7-12-21(13-8-18)29-16-15-23-26-27-24(30-23)25-22(28)14-9-19-5-10-20(11-6-19)17(2)3/h5-14,17H,4,15-16H2,1-3H3,(H,25,27,28)/b14-9+. The molecule has 30 heavy (non-hydrogen) atoms. The Hall–Kier alpha value is -2.99. The minimum absolute atomic E-state index is 0.224. The summed E-state index contributed by atoms with van der Waals surface area (Å²) in [4.78, 5) is 12.1. The summed E-state index contributed by atoms with van der Waals surface area (Å²) in [5.41, 5.74) is 3.55. The van der Waals surface area contributed by atoms with Crippen LogP contribution in [-0.2, 0) is 17.6 Å². The van der Waals surface area contributed by atoms with Crippen LogP contribution in [0, 0.1) is 0 Å². The van der Waals surface area contributed by atoms with E-state index in [1.165, 1.54) is 28.5 Å². The molecule has 0 aliphatic heterocycles. The van der Waals surface area contributed by atoms with Gasteiger partial charge in [-0.3, -0.25) is 10.1 Å². The number of rotatable bonds is 9. The van der Waals surface area contributed by atoms with Gasteiger partial charge in [-0.15, -0.1) is 10.2 Å². The Balaban J connectivity index is 1.45. The average Bonchev–Trinajstić information content (AvgIpc) is 3.20. The van der Waals surface area contributed by atoms with Crippen LogP contribution >= 0.6 is 11.3 Å². The fourth-order valence-corrected chi connectivity index (χ4v) is 3.52. The Morgan fingerprint density at radius 2 is 1.83 bits per heavy atom. The Kier molecular flexibility index (Phi) is 7.74. The van der Waals surface area contributed by atoms with E-state index in [2.05, 4.69) is 60.6 Å². The van der Waals surface area contributed by atoms with Crippen molar-refractivity contribution in [1.29, 1.82) is 0 Å². The maximum Gasteiger partial charge on any atom is 0.250 e. The van der Waals surface area contributed by atoms with E-state index in [0.29, 0.717) is 24.1 Å². The minimum atomic E-state index is -0.224. The lowest BCUT2D eigenvalue weighted by Crippen LogP contribution is -2.07. The lowest BCUT2D eigenvalue weighted by Gasteiger charge is -2.05. The van der Waals surface area contributed by atoms with E-state index in [-0.39, 0.29) is 5.91 Å². The van der Waals surface area contributed by atoms with Crippen molar-refractivity contribution in [1.82, 2.24) is 10.2 Å². The molecule has 6 heteroatoms. The van der Waals surface area contributed by atoms with Crippen molar-refractivity contribution in [3.63, 3.8) is 0 Å². The van der Waals surface area contributed by atoms with Gasteiger partial charge in [0.25, 0.3) is 0 Å². The molecule has 0 aliphatic carbocycles. The third kappa shape index (κ3) is 6.52. The van der Waals surface area contributed by atoms with E-state index < -0.39 is 0 Å². The smallest absolute Gasteiger partial charge is 0.250 e. The number of anilines is 1. The lowest BCUT2D eigenvalue weighted by atomic mass is 10.0. The van der Waals surface area contributed by atoms with Crippen LogP contribution in [-0.4, -0.2) is 22.7 Å². The van der Waals surface area contributed by atoms with Crippen LogP contribution in [0.15, 0.2) is 54.6 Å².